The van der Waals surface area contributed by atoms with Gasteiger partial charge in [0.05, 0.1) is 17.6 Å². The van der Waals surface area contributed by atoms with E-state index in [1.807, 2.05) is 56.7 Å². The number of benzene rings is 2. The van der Waals surface area contributed by atoms with Gasteiger partial charge in [-0.25, -0.2) is 14.2 Å². The fraction of sp³-hybridized carbons (Fsp3) is 0.440. The molecule has 0 spiro atoms. The molecule has 8 heteroatoms. The summed E-state index contributed by atoms with van der Waals surface area (Å²) in [5, 5.41) is 0.395. The molecule has 0 radical (unpaired) electrons. The van der Waals surface area contributed by atoms with E-state index in [9.17, 15) is 9.18 Å². The van der Waals surface area contributed by atoms with E-state index in [2.05, 4.69) is 4.90 Å². The Morgan fingerprint density at radius 1 is 1.18 bits per heavy atom. The highest BCUT2D eigenvalue weighted by molar-refractivity contribution is 6.31. The molecule has 1 aliphatic heterocycles. The Morgan fingerprint density at radius 2 is 1.88 bits per heavy atom. The van der Waals surface area contributed by atoms with E-state index >= 15 is 0 Å². The van der Waals surface area contributed by atoms with E-state index in [1.165, 1.54) is 6.07 Å². The molecule has 176 valence electrons. The van der Waals surface area contributed by atoms with Crippen molar-refractivity contribution >= 4 is 34.7 Å². The number of carbonyl (C=O) groups is 1. The molecule has 4 rings (SSSR count). The van der Waals surface area contributed by atoms with Crippen LogP contribution in [0.4, 0.5) is 15.1 Å². The molecule has 1 aromatic heterocycles. The van der Waals surface area contributed by atoms with E-state index in [4.69, 9.17) is 21.3 Å². The van der Waals surface area contributed by atoms with Crippen molar-refractivity contribution in [1.29, 1.82) is 0 Å². The SMILES string of the molecule is CN(c1nc2ccccc2n1Cc1c(F)cccc1Cl)C1CCN(C(=O)OC(C)(C)C)CC1. The number of hydrogen-bond acceptors (Lipinski definition) is 4. The van der Waals surface area contributed by atoms with Crippen LogP contribution in [0.15, 0.2) is 42.5 Å². The summed E-state index contributed by atoms with van der Waals surface area (Å²) in [6.07, 6.45) is 1.31. The third-order valence-corrected chi connectivity index (χ3v) is 6.35. The molecule has 0 bridgehead atoms. The molecule has 2 aromatic carbocycles. The number of fused-ring (bicyclic) bond motifs is 1. The van der Waals surface area contributed by atoms with E-state index in [0.717, 1.165) is 29.8 Å². The molecule has 1 amide bonds. The molecule has 0 saturated carbocycles. The van der Waals surface area contributed by atoms with Crippen LogP contribution < -0.4 is 4.90 Å². The smallest absolute Gasteiger partial charge is 0.410 e. The summed E-state index contributed by atoms with van der Waals surface area (Å²) < 4.78 is 22.1. The van der Waals surface area contributed by atoms with Gasteiger partial charge in [0.25, 0.3) is 0 Å². The van der Waals surface area contributed by atoms with Gasteiger partial charge in [0.2, 0.25) is 5.95 Å². The third-order valence-electron chi connectivity index (χ3n) is 5.99. The van der Waals surface area contributed by atoms with Crippen molar-refractivity contribution in [2.45, 2.75) is 51.8 Å². The van der Waals surface area contributed by atoms with Crippen molar-refractivity contribution in [3.05, 3.63) is 58.9 Å². The summed E-state index contributed by atoms with van der Waals surface area (Å²) in [5.41, 5.74) is 1.70. The number of likely N-dealkylation sites (tertiary alicyclic amines) is 1. The molecule has 0 atom stereocenters. The van der Waals surface area contributed by atoms with Crippen LogP contribution in [0, 0.1) is 5.82 Å². The standard InChI is InChI=1S/C25H30ClFN4O2/c1-25(2,3)33-24(32)30-14-12-17(13-15-30)29(4)23-28-21-10-5-6-11-22(21)31(23)16-18-19(26)8-7-9-20(18)27/h5-11,17H,12-16H2,1-4H3. The maximum atomic E-state index is 14.6. The lowest BCUT2D eigenvalue weighted by Gasteiger charge is -2.37. The number of imidazole rings is 1. The predicted octanol–water partition coefficient (Wildman–Crippen LogP) is 5.71. The maximum Gasteiger partial charge on any atom is 0.410 e. The average molecular weight is 473 g/mol. The zero-order valence-electron chi connectivity index (χ0n) is 19.5. The molecule has 33 heavy (non-hydrogen) atoms. The van der Waals surface area contributed by atoms with Crippen LogP contribution in [0.5, 0.6) is 0 Å². The number of amides is 1. The van der Waals surface area contributed by atoms with Gasteiger partial charge in [-0.1, -0.05) is 29.8 Å². The first-order valence-corrected chi connectivity index (χ1v) is 11.6. The van der Waals surface area contributed by atoms with Crippen molar-refractivity contribution in [2.75, 3.05) is 25.0 Å². The molecule has 1 fully saturated rings. The minimum atomic E-state index is -0.510. The monoisotopic (exact) mass is 472 g/mol. The zero-order chi connectivity index (χ0) is 23.8. The fourth-order valence-corrected chi connectivity index (χ4v) is 4.48. The lowest BCUT2D eigenvalue weighted by Crippen LogP contribution is -2.47. The maximum absolute atomic E-state index is 14.6. The van der Waals surface area contributed by atoms with Gasteiger partial charge in [-0.3, -0.25) is 0 Å². The van der Waals surface area contributed by atoms with Gasteiger partial charge in [0.1, 0.15) is 11.4 Å². The number of anilines is 1. The van der Waals surface area contributed by atoms with E-state index in [-0.39, 0.29) is 24.5 Å². The van der Waals surface area contributed by atoms with Gasteiger partial charge in [-0.15, -0.1) is 0 Å². The second-order valence-electron chi connectivity index (χ2n) is 9.50. The highest BCUT2D eigenvalue weighted by Crippen LogP contribution is 2.30. The third kappa shape index (κ3) is 5.08. The number of carbonyl (C=O) groups excluding carboxylic acids is 1. The number of rotatable bonds is 4. The van der Waals surface area contributed by atoms with Crippen LogP contribution in [-0.4, -0.2) is 52.3 Å². The van der Waals surface area contributed by atoms with Crippen LogP contribution in [0.25, 0.3) is 11.0 Å². The van der Waals surface area contributed by atoms with Crippen LogP contribution >= 0.6 is 11.6 Å². The Morgan fingerprint density at radius 3 is 2.55 bits per heavy atom. The predicted molar refractivity (Wildman–Crippen MR) is 129 cm³/mol. The summed E-state index contributed by atoms with van der Waals surface area (Å²) in [7, 11) is 2.01. The number of hydrogen-bond donors (Lipinski definition) is 0. The molecule has 0 unspecified atom stereocenters. The summed E-state index contributed by atoms with van der Waals surface area (Å²) in [6.45, 7) is 7.13. The fourth-order valence-electron chi connectivity index (χ4n) is 4.25. The number of ether oxygens (including phenoxy) is 1. The van der Waals surface area contributed by atoms with Crippen LogP contribution in [-0.2, 0) is 11.3 Å². The number of aromatic nitrogens is 2. The van der Waals surface area contributed by atoms with Crippen LogP contribution in [0.2, 0.25) is 5.02 Å². The highest BCUT2D eigenvalue weighted by atomic mass is 35.5. The highest BCUT2D eigenvalue weighted by Gasteiger charge is 2.30. The number of nitrogens with zero attached hydrogens (tertiary/aromatic N) is 4. The van der Waals surface area contributed by atoms with Crippen LogP contribution in [0.1, 0.15) is 39.2 Å². The van der Waals surface area contributed by atoms with E-state index in [1.54, 1.807) is 17.0 Å². The van der Waals surface area contributed by atoms with Crippen molar-refractivity contribution in [3.8, 4) is 0 Å². The zero-order valence-corrected chi connectivity index (χ0v) is 20.3. The largest absolute Gasteiger partial charge is 0.444 e. The van der Waals surface area contributed by atoms with Gasteiger partial charge >= 0.3 is 6.09 Å². The minimum Gasteiger partial charge on any atom is -0.444 e. The lowest BCUT2D eigenvalue weighted by atomic mass is 10.0. The van der Waals surface area contributed by atoms with Crippen molar-refractivity contribution in [2.24, 2.45) is 0 Å². The molecule has 1 aliphatic rings. The molecule has 3 aromatic rings. The molecular weight excluding hydrogens is 443 g/mol. The first-order chi connectivity index (χ1) is 15.6. The Bertz CT molecular complexity index is 1130. The first kappa shape index (κ1) is 23.4. The van der Waals surface area contributed by atoms with Crippen LogP contribution in [0.3, 0.4) is 0 Å². The summed E-state index contributed by atoms with van der Waals surface area (Å²) in [6, 6.07) is 12.8. The van der Waals surface area contributed by atoms with Crippen molar-refractivity contribution in [1.82, 2.24) is 14.5 Å². The lowest BCUT2D eigenvalue weighted by molar-refractivity contribution is 0.0205. The number of halogens is 2. The molecule has 1 saturated heterocycles. The van der Waals surface area contributed by atoms with Crippen molar-refractivity contribution < 1.29 is 13.9 Å². The van der Waals surface area contributed by atoms with Gasteiger partial charge in [0, 0.05) is 36.8 Å². The van der Waals surface area contributed by atoms with Gasteiger partial charge in [-0.2, -0.15) is 0 Å². The molecular formula is C25H30ClFN4O2. The van der Waals surface area contributed by atoms with E-state index in [0.29, 0.717) is 23.7 Å². The van der Waals surface area contributed by atoms with Gasteiger partial charge < -0.3 is 19.1 Å². The minimum absolute atomic E-state index is 0.190. The van der Waals surface area contributed by atoms with Gasteiger partial charge in [-0.05, 0) is 57.9 Å². The Hall–Kier alpha value is -2.80. The average Bonchev–Trinajstić information content (AvgIpc) is 3.13. The normalized spacial score (nSPS) is 15.2. The molecule has 2 heterocycles. The first-order valence-electron chi connectivity index (χ1n) is 11.2. The second-order valence-corrected chi connectivity index (χ2v) is 9.90. The Balaban J connectivity index is 1.57. The topological polar surface area (TPSA) is 50.6 Å². The second kappa shape index (κ2) is 9.21. The summed E-state index contributed by atoms with van der Waals surface area (Å²) >= 11 is 6.33. The van der Waals surface area contributed by atoms with E-state index < -0.39 is 5.60 Å². The number of piperidine rings is 1. The summed E-state index contributed by atoms with van der Waals surface area (Å²) in [5.74, 6) is 0.422. The van der Waals surface area contributed by atoms with Gasteiger partial charge in [0.15, 0.2) is 0 Å². The molecule has 0 aliphatic carbocycles. The number of para-hydroxylation sites is 2. The Labute approximate surface area is 198 Å². The molecule has 0 N–H and O–H groups in total. The summed E-state index contributed by atoms with van der Waals surface area (Å²) in [4.78, 5) is 21.2. The molecule has 6 nitrogen and oxygen atoms in total. The van der Waals surface area contributed by atoms with Crippen molar-refractivity contribution in [3.63, 3.8) is 0 Å². The Kier molecular flexibility index (Phi) is 6.52. The quantitative estimate of drug-likeness (QED) is 0.487.